The van der Waals surface area contributed by atoms with Crippen molar-refractivity contribution in [1.82, 2.24) is 5.32 Å². The third-order valence-corrected chi connectivity index (χ3v) is 5.84. The molecule has 1 aliphatic rings. The average Bonchev–Trinajstić information content (AvgIpc) is 3.28. The lowest BCUT2D eigenvalue weighted by molar-refractivity contribution is 0.210. The predicted molar refractivity (Wildman–Crippen MR) is 128 cm³/mol. The van der Waals surface area contributed by atoms with Crippen molar-refractivity contribution in [1.29, 1.82) is 0 Å². The summed E-state index contributed by atoms with van der Waals surface area (Å²) in [6.07, 6.45) is 5.23. The molecule has 1 atom stereocenters. The minimum Gasteiger partial charge on any atom is -0.490 e. The summed E-state index contributed by atoms with van der Waals surface area (Å²) in [5, 5.41) is 7.41. The lowest BCUT2D eigenvalue weighted by atomic mass is 9.95. The zero-order valence-corrected chi connectivity index (χ0v) is 18.1. The summed E-state index contributed by atoms with van der Waals surface area (Å²) in [7, 11) is 0. The first-order valence-corrected chi connectivity index (χ1v) is 11.0. The molecule has 2 N–H and O–H groups in total. The van der Waals surface area contributed by atoms with Gasteiger partial charge in [-0.2, -0.15) is 0 Å². The second-order valence-corrected chi connectivity index (χ2v) is 8.26. The number of thiocarbonyl (C=S) groups is 1. The van der Waals surface area contributed by atoms with Gasteiger partial charge < -0.3 is 15.4 Å². The molecule has 0 saturated heterocycles. The molecule has 3 aromatic carbocycles. The van der Waals surface area contributed by atoms with Crippen molar-refractivity contribution in [2.75, 3.05) is 5.32 Å². The largest absolute Gasteiger partial charge is 0.490 e. The Morgan fingerprint density at radius 1 is 0.900 bits per heavy atom. The van der Waals surface area contributed by atoms with Crippen LogP contribution in [-0.2, 0) is 0 Å². The normalized spacial score (nSPS) is 14.8. The molecule has 1 fully saturated rings. The van der Waals surface area contributed by atoms with Crippen LogP contribution >= 0.6 is 12.2 Å². The third-order valence-electron chi connectivity index (χ3n) is 5.62. The van der Waals surface area contributed by atoms with Gasteiger partial charge in [0.05, 0.1) is 12.1 Å². The maximum atomic E-state index is 6.05. The number of anilines is 1. The fourth-order valence-electron chi connectivity index (χ4n) is 4.01. The number of nitrogens with one attached hydrogen (secondary N) is 2. The van der Waals surface area contributed by atoms with Gasteiger partial charge in [-0.3, -0.25) is 0 Å². The van der Waals surface area contributed by atoms with E-state index in [0.29, 0.717) is 11.2 Å². The van der Waals surface area contributed by atoms with Crippen LogP contribution in [0, 0.1) is 6.92 Å². The van der Waals surface area contributed by atoms with Gasteiger partial charge in [0.15, 0.2) is 5.11 Å². The topological polar surface area (TPSA) is 33.3 Å². The van der Waals surface area contributed by atoms with Crippen LogP contribution in [0.4, 0.5) is 5.69 Å². The Bertz CT molecular complexity index is 966. The molecule has 0 bridgehead atoms. The molecule has 0 aliphatic heterocycles. The molecule has 1 aliphatic carbocycles. The Kier molecular flexibility index (Phi) is 6.65. The van der Waals surface area contributed by atoms with Crippen LogP contribution in [0.25, 0.3) is 0 Å². The van der Waals surface area contributed by atoms with E-state index in [0.717, 1.165) is 24.3 Å². The summed E-state index contributed by atoms with van der Waals surface area (Å²) in [5.74, 6) is 0.924. The second-order valence-electron chi connectivity index (χ2n) is 7.85. The van der Waals surface area contributed by atoms with E-state index in [1.165, 1.54) is 29.5 Å². The Hall–Kier alpha value is -2.85. The van der Waals surface area contributed by atoms with Crippen molar-refractivity contribution in [3.05, 3.63) is 95.6 Å². The zero-order valence-electron chi connectivity index (χ0n) is 17.3. The van der Waals surface area contributed by atoms with Gasteiger partial charge in [-0.05, 0) is 85.8 Å². The molecule has 3 nitrogen and oxygen atoms in total. The Labute approximate surface area is 184 Å². The highest BCUT2D eigenvalue weighted by Gasteiger charge is 2.18. The standard InChI is InChI=1S/C26H28N2OS/c1-19-9-5-8-14-24(19)25(20-10-3-2-4-11-20)28-26(30)27-21-15-17-23(18-16-21)29-22-12-6-7-13-22/h2-5,8-11,14-18,22,25H,6-7,12-13H2,1H3,(H2,27,28,30)/t25-/m0/s1. The van der Waals surface area contributed by atoms with Crippen LogP contribution < -0.4 is 15.4 Å². The number of hydrogen-bond donors (Lipinski definition) is 2. The maximum Gasteiger partial charge on any atom is 0.171 e. The number of benzene rings is 3. The van der Waals surface area contributed by atoms with Crippen molar-refractivity contribution >= 4 is 23.0 Å². The predicted octanol–water partition coefficient (Wildman–Crippen LogP) is 6.39. The van der Waals surface area contributed by atoms with Crippen LogP contribution in [0.1, 0.15) is 48.4 Å². The van der Waals surface area contributed by atoms with E-state index in [-0.39, 0.29) is 6.04 Å². The zero-order chi connectivity index (χ0) is 20.8. The first-order valence-electron chi connectivity index (χ1n) is 10.6. The van der Waals surface area contributed by atoms with E-state index in [4.69, 9.17) is 17.0 Å². The lowest BCUT2D eigenvalue weighted by Gasteiger charge is -2.23. The fraction of sp³-hybridized carbons (Fsp3) is 0.269. The molecule has 0 unspecified atom stereocenters. The van der Waals surface area contributed by atoms with Gasteiger partial charge in [0.25, 0.3) is 0 Å². The molecule has 4 heteroatoms. The minimum absolute atomic E-state index is 0.0163. The monoisotopic (exact) mass is 416 g/mol. The number of hydrogen-bond acceptors (Lipinski definition) is 2. The highest BCUT2D eigenvalue weighted by Crippen LogP contribution is 2.26. The molecule has 0 amide bonds. The highest BCUT2D eigenvalue weighted by atomic mass is 32.1. The summed E-state index contributed by atoms with van der Waals surface area (Å²) in [6, 6.07) is 26.9. The van der Waals surface area contributed by atoms with Gasteiger partial charge in [0.2, 0.25) is 0 Å². The summed E-state index contributed by atoms with van der Waals surface area (Å²) in [6.45, 7) is 2.13. The van der Waals surface area contributed by atoms with E-state index in [1.807, 2.05) is 30.3 Å². The van der Waals surface area contributed by atoms with Crippen molar-refractivity contribution in [2.24, 2.45) is 0 Å². The fourth-order valence-corrected chi connectivity index (χ4v) is 4.25. The molecule has 0 heterocycles. The number of rotatable bonds is 6. The van der Waals surface area contributed by atoms with Crippen LogP contribution in [0.5, 0.6) is 5.75 Å². The van der Waals surface area contributed by atoms with E-state index in [2.05, 4.69) is 66.1 Å². The van der Waals surface area contributed by atoms with Gasteiger partial charge in [-0.25, -0.2) is 0 Å². The van der Waals surface area contributed by atoms with Crippen LogP contribution in [0.2, 0.25) is 0 Å². The van der Waals surface area contributed by atoms with Crippen molar-refractivity contribution in [3.8, 4) is 5.75 Å². The quantitative estimate of drug-likeness (QED) is 0.456. The molecule has 1 saturated carbocycles. The van der Waals surface area contributed by atoms with Crippen LogP contribution in [0.15, 0.2) is 78.9 Å². The van der Waals surface area contributed by atoms with Gasteiger partial charge in [0.1, 0.15) is 5.75 Å². The van der Waals surface area contributed by atoms with E-state index in [9.17, 15) is 0 Å². The first kappa shape index (κ1) is 20.4. The molecule has 4 rings (SSSR count). The molecule has 3 aromatic rings. The molecule has 0 radical (unpaired) electrons. The van der Waals surface area contributed by atoms with E-state index in [1.54, 1.807) is 0 Å². The average molecular weight is 417 g/mol. The molecule has 154 valence electrons. The molecular formula is C26H28N2OS. The van der Waals surface area contributed by atoms with E-state index < -0.39 is 0 Å². The SMILES string of the molecule is Cc1ccccc1[C@@H](NC(=S)Nc1ccc(OC2CCCC2)cc1)c1ccccc1. The van der Waals surface area contributed by atoms with Crippen molar-refractivity contribution in [3.63, 3.8) is 0 Å². The van der Waals surface area contributed by atoms with Gasteiger partial charge in [-0.1, -0.05) is 54.6 Å². The molecule has 30 heavy (non-hydrogen) atoms. The number of aryl methyl sites for hydroxylation is 1. The van der Waals surface area contributed by atoms with Crippen LogP contribution in [0.3, 0.4) is 0 Å². The van der Waals surface area contributed by atoms with Crippen molar-refractivity contribution in [2.45, 2.75) is 44.8 Å². The maximum absolute atomic E-state index is 6.05. The summed E-state index contributed by atoms with van der Waals surface area (Å²) in [5.41, 5.74) is 4.57. The molecule has 0 aromatic heterocycles. The highest BCUT2D eigenvalue weighted by molar-refractivity contribution is 7.80. The van der Waals surface area contributed by atoms with Gasteiger partial charge >= 0.3 is 0 Å². The Morgan fingerprint density at radius 2 is 1.57 bits per heavy atom. The van der Waals surface area contributed by atoms with Gasteiger partial charge in [-0.15, -0.1) is 0 Å². The lowest BCUT2D eigenvalue weighted by Crippen LogP contribution is -2.33. The number of ether oxygens (including phenoxy) is 1. The minimum atomic E-state index is -0.0163. The molecular weight excluding hydrogens is 388 g/mol. The van der Waals surface area contributed by atoms with E-state index >= 15 is 0 Å². The first-order chi connectivity index (χ1) is 14.7. The summed E-state index contributed by atoms with van der Waals surface area (Å²) < 4.78 is 6.05. The second kappa shape index (κ2) is 9.77. The van der Waals surface area contributed by atoms with Gasteiger partial charge in [0, 0.05) is 5.69 Å². The Balaban J connectivity index is 1.44. The Morgan fingerprint density at radius 3 is 2.27 bits per heavy atom. The smallest absolute Gasteiger partial charge is 0.171 e. The third kappa shape index (κ3) is 5.19. The van der Waals surface area contributed by atoms with Crippen molar-refractivity contribution < 1.29 is 4.74 Å². The summed E-state index contributed by atoms with van der Waals surface area (Å²) in [4.78, 5) is 0. The molecule has 0 spiro atoms. The summed E-state index contributed by atoms with van der Waals surface area (Å²) >= 11 is 5.65. The van der Waals surface area contributed by atoms with Crippen LogP contribution in [-0.4, -0.2) is 11.2 Å².